The molecular formula is C12H15ClN3-. The minimum atomic E-state index is 0. The normalized spacial score (nSPS) is 9.88. The van der Waals surface area contributed by atoms with E-state index in [9.17, 15) is 0 Å². The summed E-state index contributed by atoms with van der Waals surface area (Å²) in [5.41, 5.74) is 3.55. The molecule has 0 saturated heterocycles. The van der Waals surface area contributed by atoms with Gasteiger partial charge >= 0.3 is 0 Å². The van der Waals surface area contributed by atoms with Crippen LogP contribution in [0.4, 0.5) is 0 Å². The van der Waals surface area contributed by atoms with Gasteiger partial charge in [-0.2, -0.15) is 5.10 Å². The number of benzene rings is 1. The quantitative estimate of drug-likeness (QED) is 0.734. The predicted molar refractivity (Wildman–Crippen MR) is 61.1 cm³/mol. The van der Waals surface area contributed by atoms with Crippen molar-refractivity contribution in [2.75, 3.05) is 7.05 Å². The fraction of sp³-hybridized carbons (Fsp3) is 0.250. The number of nitrogens with zero attached hydrogens (tertiary/aromatic N) is 2. The molecule has 1 heterocycles. The average Bonchev–Trinajstić information content (AvgIpc) is 2.67. The molecule has 0 bridgehead atoms. The maximum absolute atomic E-state index is 4.32. The van der Waals surface area contributed by atoms with E-state index in [4.69, 9.17) is 0 Å². The van der Waals surface area contributed by atoms with Crippen LogP contribution in [0, 0.1) is 6.92 Å². The molecule has 0 saturated carbocycles. The van der Waals surface area contributed by atoms with Gasteiger partial charge < -0.3 is 17.7 Å². The molecule has 4 heteroatoms. The van der Waals surface area contributed by atoms with Crippen LogP contribution in [0.5, 0.6) is 0 Å². The summed E-state index contributed by atoms with van der Waals surface area (Å²) in [4.78, 5) is 0. The Hall–Kier alpha value is -1.32. The standard InChI is InChI=1S/C12H15N3.ClH/c1-10-4-3-5-12(6-10)15-9-11(7-13-2)8-14-15;/h3-6,8-9,13H,7H2,1-2H3;1H/p-1. The number of aromatic nitrogens is 2. The van der Waals surface area contributed by atoms with Gasteiger partial charge in [-0.15, -0.1) is 0 Å². The van der Waals surface area contributed by atoms with Gasteiger partial charge in [0.15, 0.2) is 0 Å². The molecule has 3 nitrogen and oxygen atoms in total. The van der Waals surface area contributed by atoms with E-state index >= 15 is 0 Å². The Labute approximate surface area is 102 Å². The van der Waals surface area contributed by atoms with E-state index in [0.717, 1.165) is 12.2 Å². The molecule has 0 aliphatic heterocycles. The molecule has 0 unspecified atom stereocenters. The largest absolute Gasteiger partial charge is 1.00 e. The molecule has 0 atom stereocenters. The monoisotopic (exact) mass is 236 g/mol. The van der Waals surface area contributed by atoms with Crippen LogP contribution < -0.4 is 17.7 Å². The van der Waals surface area contributed by atoms with Crippen molar-refractivity contribution in [3.05, 3.63) is 47.8 Å². The van der Waals surface area contributed by atoms with E-state index in [1.807, 2.05) is 30.2 Å². The van der Waals surface area contributed by atoms with Gasteiger partial charge in [0.05, 0.1) is 11.9 Å². The Bertz CT molecular complexity index is 451. The highest BCUT2D eigenvalue weighted by Gasteiger charge is 1.99. The van der Waals surface area contributed by atoms with Gasteiger partial charge in [0.1, 0.15) is 0 Å². The van der Waals surface area contributed by atoms with Crippen LogP contribution in [0.25, 0.3) is 5.69 Å². The summed E-state index contributed by atoms with van der Waals surface area (Å²) in [6.07, 6.45) is 3.93. The maximum atomic E-state index is 4.32. The first kappa shape index (κ1) is 12.7. The zero-order valence-corrected chi connectivity index (χ0v) is 10.2. The molecule has 1 N–H and O–H groups in total. The number of nitrogens with one attached hydrogen (secondary N) is 1. The molecule has 0 amide bonds. The van der Waals surface area contributed by atoms with Crippen LogP contribution >= 0.6 is 0 Å². The van der Waals surface area contributed by atoms with Gasteiger partial charge in [-0.1, -0.05) is 12.1 Å². The van der Waals surface area contributed by atoms with Crippen molar-refractivity contribution in [1.29, 1.82) is 0 Å². The molecule has 2 aromatic rings. The van der Waals surface area contributed by atoms with Crippen LogP contribution in [0.1, 0.15) is 11.1 Å². The lowest BCUT2D eigenvalue weighted by Gasteiger charge is -2.01. The van der Waals surface area contributed by atoms with E-state index in [1.165, 1.54) is 11.1 Å². The number of hydrogen-bond donors (Lipinski definition) is 1. The van der Waals surface area contributed by atoms with Gasteiger partial charge in [-0.05, 0) is 31.7 Å². The maximum Gasteiger partial charge on any atom is 0.0648 e. The Morgan fingerprint density at radius 3 is 2.88 bits per heavy atom. The second-order valence-electron chi connectivity index (χ2n) is 3.66. The van der Waals surface area contributed by atoms with Crippen LogP contribution in [-0.4, -0.2) is 16.8 Å². The first-order valence-corrected chi connectivity index (χ1v) is 5.05. The van der Waals surface area contributed by atoms with Crippen molar-refractivity contribution in [3.63, 3.8) is 0 Å². The Morgan fingerprint density at radius 1 is 1.38 bits per heavy atom. The first-order chi connectivity index (χ1) is 7.29. The Kier molecular flexibility index (Phi) is 4.52. The summed E-state index contributed by atoms with van der Waals surface area (Å²) < 4.78 is 1.90. The third-order valence-electron chi connectivity index (χ3n) is 2.28. The summed E-state index contributed by atoms with van der Waals surface area (Å²) in [6.45, 7) is 2.94. The first-order valence-electron chi connectivity index (χ1n) is 5.05. The van der Waals surface area contributed by atoms with Crippen molar-refractivity contribution in [1.82, 2.24) is 15.1 Å². The molecule has 0 aliphatic carbocycles. The topological polar surface area (TPSA) is 29.9 Å². The van der Waals surface area contributed by atoms with E-state index in [-0.39, 0.29) is 12.4 Å². The smallest absolute Gasteiger partial charge is 0.0648 e. The number of aryl methyl sites for hydroxylation is 1. The second-order valence-corrected chi connectivity index (χ2v) is 3.66. The summed E-state index contributed by atoms with van der Waals surface area (Å²) >= 11 is 0. The molecular weight excluding hydrogens is 222 g/mol. The summed E-state index contributed by atoms with van der Waals surface area (Å²) in [6, 6.07) is 8.31. The number of rotatable bonds is 3. The zero-order chi connectivity index (χ0) is 10.7. The minimum absolute atomic E-state index is 0. The lowest BCUT2D eigenvalue weighted by Crippen LogP contribution is -3.00. The molecule has 1 aromatic heterocycles. The van der Waals surface area contributed by atoms with Crippen molar-refractivity contribution in [2.45, 2.75) is 13.5 Å². The molecule has 2 rings (SSSR count). The Morgan fingerprint density at radius 2 is 2.19 bits per heavy atom. The highest BCUT2D eigenvalue weighted by molar-refractivity contribution is 5.34. The minimum Gasteiger partial charge on any atom is -1.00 e. The molecule has 0 radical (unpaired) electrons. The third kappa shape index (κ3) is 2.84. The third-order valence-corrected chi connectivity index (χ3v) is 2.28. The molecule has 16 heavy (non-hydrogen) atoms. The van der Waals surface area contributed by atoms with Crippen molar-refractivity contribution in [3.8, 4) is 5.69 Å². The van der Waals surface area contributed by atoms with Gasteiger partial charge in [0, 0.05) is 18.3 Å². The second kappa shape index (κ2) is 5.68. The van der Waals surface area contributed by atoms with Gasteiger partial charge in [-0.3, -0.25) is 0 Å². The van der Waals surface area contributed by atoms with Gasteiger partial charge in [0.25, 0.3) is 0 Å². The summed E-state index contributed by atoms with van der Waals surface area (Å²) in [7, 11) is 1.93. The highest BCUT2D eigenvalue weighted by Crippen LogP contribution is 2.10. The SMILES string of the molecule is CNCc1cnn(-c2cccc(C)c2)c1.[Cl-]. The molecule has 0 aliphatic rings. The summed E-state index contributed by atoms with van der Waals surface area (Å²) in [5.74, 6) is 0. The summed E-state index contributed by atoms with van der Waals surface area (Å²) in [5, 5.41) is 7.43. The van der Waals surface area contributed by atoms with E-state index < -0.39 is 0 Å². The lowest BCUT2D eigenvalue weighted by molar-refractivity contribution is -0.00000326. The number of halogens is 1. The van der Waals surface area contributed by atoms with Crippen LogP contribution in [0.2, 0.25) is 0 Å². The highest BCUT2D eigenvalue weighted by atomic mass is 35.5. The van der Waals surface area contributed by atoms with Crippen LogP contribution in [-0.2, 0) is 6.54 Å². The molecule has 1 aromatic carbocycles. The van der Waals surface area contributed by atoms with E-state index in [2.05, 4.69) is 35.5 Å². The lowest BCUT2D eigenvalue weighted by atomic mass is 10.2. The van der Waals surface area contributed by atoms with Crippen molar-refractivity contribution >= 4 is 0 Å². The fourth-order valence-electron chi connectivity index (χ4n) is 1.57. The molecule has 0 fully saturated rings. The molecule has 86 valence electrons. The van der Waals surface area contributed by atoms with Crippen LogP contribution in [0.3, 0.4) is 0 Å². The van der Waals surface area contributed by atoms with E-state index in [1.54, 1.807) is 0 Å². The fourth-order valence-corrected chi connectivity index (χ4v) is 1.57. The van der Waals surface area contributed by atoms with Gasteiger partial charge in [-0.25, -0.2) is 4.68 Å². The van der Waals surface area contributed by atoms with Crippen molar-refractivity contribution in [2.24, 2.45) is 0 Å². The average molecular weight is 237 g/mol. The molecule has 0 spiro atoms. The van der Waals surface area contributed by atoms with Crippen molar-refractivity contribution < 1.29 is 12.4 Å². The predicted octanol–water partition coefficient (Wildman–Crippen LogP) is -1.10. The van der Waals surface area contributed by atoms with Gasteiger partial charge in [0.2, 0.25) is 0 Å². The Balaban J connectivity index is 0.00000128. The number of hydrogen-bond acceptors (Lipinski definition) is 2. The zero-order valence-electron chi connectivity index (χ0n) is 9.44. The van der Waals surface area contributed by atoms with E-state index in [0.29, 0.717) is 0 Å². The van der Waals surface area contributed by atoms with Crippen LogP contribution in [0.15, 0.2) is 36.7 Å².